The molecule has 0 atom stereocenters. The van der Waals surface area contributed by atoms with E-state index in [2.05, 4.69) is 29.5 Å². The molecule has 0 aliphatic carbocycles. The molecule has 0 saturated heterocycles. The summed E-state index contributed by atoms with van der Waals surface area (Å²) >= 11 is 0. The van der Waals surface area contributed by atoms with Crippen LogP contribution in [0, 0.1) is 5.92 Å². The summed E-state index contributed by atoms with van der Waals surface area (Å²) in [5.41, 5.74) is 0. The summed E-state index contributed by atoms with van der Waals surface area (Å²) in [6.45, 7) is 13.0. The van der Waals surface area contributed by atoms with Gasteiger partial charge >= 0.3 is 0 Å². The third-order valence-electron chi connectivity index (χ3n) is 3.30. The maximum atomic E-state index is 12.1. The highest BCUT2D eigenvalue weighted by atomic mass is 32.2. The molecule has 2 N–H and O–H groups in total. The molecule has 0 fully saturated rings. The number of aliphatic imine (C=N–C) groups is 1. The minimum absolute atomic E-state index is 0.0884. The molecule has 0 rings (SSSR count). The van der Waals surface area contributed by atoms with Crippen molar-refractivity contribution in [1.29, 1.82) is 0 Å². The second kappa shape index (κ2) is 11.7. The van der Waals surface area contributed by atoms with E-state index in [-0.39, 0.29) is 5.75 Å². The number of rotatable bonds is 11. The summed E-state index contributed by atoms with van der Waals surface area (Å²) in [6.07, 6.45) is 2.20. The maximum absolute atomic E-state index is 12.1. The van der Waals surface area contributed by atoms with Gasteiger partial charge in [-0.05, 0) is 25.7 Å². The first-order chi connectivity index (χ1) is 10.4. The first-order valence-electron chi connectivity index (χ1n) is 8.37. The molecule has 0 unspecified atom stereocenters. The smallest absolute Gasteiger partial charge is 0.215 e. The minimum atomic E-state index is -3.18. The first-order valence-corrected chi connectivity index (χ1v) is 9.98. The Bertz CT molecular complexity index is 404. The largest absolute Gasteiger partial charge is 0.357 e. The number of sulfonamides is 1. The van der Waals surface area contributed by atoms with Gasteiger partial charge in [-0.2, -0.15) is 0 Å². The molecule has 0 heterocycles. The lowest BCUT2D eigenvalue weighted by atomic mass is 10.1. The zero-order valence-electron chi connectivity index (χ0n) is 14.9. The number of hydrogen-bond acceptors (Lipinski definition) is 3. The summed E-state index contributed by atoms with van der Waals surface area (Å²) in [6, 6.07) is 0. The lowest BCUT2D eigenvalue weighted by molar-refractivity contribution is 0.445. The molecule has 0 aromatic rings. The van der Waals surface area contributed by atoms with Crippen LogP contribution < -0.4 is 10.6 Å². The van der Waals surface area contributed by atoms with Crippen molar-refractivity contribution < 1.29 is 8.42 Å². The quantitative estimate of drug-likeness (QED) is 0.342. The molecule has 132 valence electrons. The van der Waals surface area contributed by atoms with Crippen molar-refractivity contribution in [1.82, 2.24) is 14.9 Å². The van der Waals surface area contributed by atoms with Gasteiger partial charge in [0.1, 0.15) is 0 Å². The van der Waals surface area contributed by atoms with Crippen molar-refractivity contribution in [3.05, 3.63) is 0 Å². The summed E-state index contributed by atoms with van der Waals surface area (Å²) in [7, 11) is -3.18. The second-order valence-corrected chi connectivity index (χ2v) is 7.71. The van der Waals surface area contributed by atoms with Gasteiger partial charge in [0.2, 0.25) is 10.0 Å². The van der Waals surface area contributed by atoms with Gasteiger partial charge in [-0.3, -0.25) is 4.99 Å². The average molecular weight is 335 g/mol. The van der Waals surface area contributed by atoms with Crippen molar-refractivity contribution in [3.8, 4) is 0 Å². The number of guanidine groups is 1. The van der Waals surface area contributed by atoms with Crippen LogP contribution in [0.25, 0.3) is 0 Å². The Morgan fingerprint density at radius 2 is 1.77 bits per heavy atom. The van der Waals surface area contributed by atoms with E-state index in [0.717, 1.165) is 25.9 Å². The van der Waals surface area contributed by atoms with Gasteiger partial charge in [0.05, 0.1) is 5.75 Å². The fraction of sp³-hybridized carbons (Fsp3) is 0.933. The zero-order chi connectivity index (χ0) is 17.0. The third-order valence-corrected chi connectivity index (χ3v) is 5.33. The Morgan fingerprint density at radius 3 is 2.27 bits per heavy atom. The summed E-state index contributed by atoms with van der Waals surface area (Å²) < 4.78 is 25.7. The molecule has 0 aliphatic heterocycles. The molecule has 0 spiro atoms. The normalized spacial score (nSPS) is 13.0. The highest BCUT2D eigenvalue weighted by Gasteiger charge is 2.18. The monoisotopic (exact) mass is 334 g/mol. The number of nitrogens with zero attached hydrogens (tertiary/aromatic N) is 2. The van der Waals surface area contributed by atoms with Gasteiger partial charge in [-0.15, -0.1) is 0 Å². The Kier molecular flexibility index (Phi) is 11.3. The van der Waals surface area contributed by atoms with Crippen molar-refractivity contribution in [2.75, 3.05) is 38.5 Å². The van der Waals surface area contributed by atoms with E-state index < -0.39 is 10.0 Å². The van der Waals surface area contributed by atoms with E-state index in [9.17, 15) is 8.42 Å². The number of hydrogen-bond donors (Lipinski definition) is 2. The molecule has 0 amide bonds. The minimum Gasteiger partial charge on any atom is -0.357 e. The van der Waals surface area contributed by atoms with Crippen molar-refractivity contribution in [2.45, 2.75) is 47.5 Å². The van der Waals surface area contributed by atoms with Gasteiger partial charge in [-0.25, -0.2) is 12.7 Å². The Hall–Kier alpha value is -0.820. The summed E-state index contributed by atoms with van der Waals surface area (Å²) in [5.74, 6) is 1.47. The van der Waals surface area contributed by atoms with E-state index in [1.54, 1.807) is 0 Å². The predicted octanol–water partition coefficient (Wildman–Crippen LogP) is 1.65. The molecular formula is C15H34N4O2S. The molecule has 7 heteroatoms. The molecule has 0 aliphatic rings. The zero-order valence-corrected chi connectivity index (χ0v) is 15.7. The van der Waals surface area contributed by atoms with Crippen LogP contribution in [0.2, 0.25) is 0 Å². The fourth-order valence-corrected chi connectivity index (χ4v) is 3.48. The molecule has 0 aromatic carbocycles. The van der Waals surface area contributed by atoms with Crippen LogP contribution in [0.4, 0.5) is 0 Å². The van der Waals surface area contributed by atoms with Crippen molar-refractivity contribution >= 4 is 16.0 Å². The van der Waals surface area contributed by atoms with Crippen LogP contribution in [0.1, 0.15) is 47.5 Å². The molecular weight excluding hydrogens is 300 g/mol. The first kappa shape index (κ1) is 21.2. The summed E-state index contributed by atoms with van der Waals surface area (Å²) in [4.78, 5) is 4.48. The van der Waals surface area contributed by atoms with Gasteiger partial charge in [0.25, 0.3) is 0 Å². The third kappa shape index (κ3) is 9.25. The van der Waals surface area contributed by atoms with Gasteiger partial charge in [-0.1, -0.05) is 27.7 Å². The van der Waals surface area contributed by atoms with Crippen LogP contribution in [-0.4, -0.2) is 57.2 Å². The van der Waals surface area contributed by atoms with Gasteiger partial charge in [0.15, 0.2) is 5.96 Å². The molecule has 22 heavy (non-hydrogen) atoms. The topological polar surface area (TPSA) is 73.8 Å². The standard InChI is InChI=1S/C15H34N4O2S/c1-6-16-15(17-11-9-10-14(4)5)18-12-13-22(20,21)19(7-2)8-3/h14H,6-13H2,1-5H3,(H2,16,17,18). The molecule has 0 aromatic heterocycles. The van der Waals surface area contributed by atoms with Crippen LogP contribution in [-0.2, 0) is 10.0 Å². The highest BCUT2D eigenvalue weighted by Crippen LogP contribution is 2.03. The van der Waals surface area contributed by atoms with Crippen molar-refractivity contribution in [3.63, 3.8) is 0 Å². The lowest BCUT2D eigenvalue weighted by Crippen LogP contribution is -2.42. The molecule has 6 nitrogen and oxygen atoms in total. The lowest BCUT2D eigenvalue weighted by Gasteiger charge is -2.19. The Morgan fingerprint density at radius 1 is 1.14 bits per heavy atom. The average Bonchev–Trinajstić information content (AvgIpc) is 2.44. The highest BCUT2D eigenvalue weighted by molar-refractivity contribution is 7.89. The van der Waals surface area contributed by atoms with Crippen LogP contribution in [0.15, 0.2) is 4.99 Å². The Labute approximate surface area is 136 Å². The van der Waals surface area contributed by atoms with Crippen LogP contribution >= 0.6 is 0 Å². The molecule has 0 saturated carbocycles. The predicted molar refractivity (Wildman–Crippen MR) is 94.8 cm³/mol. The fourth-order valence-electron chi connectivity index (χ4n) is 2.08. The van der Waals surface area contributed by atoms with E-state index in [0.29, 0.717) is 31.5 Å². The van der Waals surface area contributed by atoms with E-state index >= 15 is 0 Å². The maximum Gasteiger partial charge on any atom is 0.215 e. The second-order valence-electron chi connectivity index (χ2n) is 5.62. The number of nitrogens with one attached hydrogen (secondary N) is 2. The van der Waals surface area contributed by atoms with Crippen LogP contribution in [0.3, 0.4) is 0 Å². The van der Waals surface area contributed by atoms with E-state index in [4.69, 9.17) is 0 Å². The SMILES string of the molecule is CCNC(=NCCCC(C)C)NCCS(=O)(=O)N(CC)CC. The van der Waals surface area contributed by atoms with Gasteiger partial charge < -0.3 is 10.6 Å². The summed E-state index contributed by atoms with van der Waals surface area (Å²) in [5, 5.41) is 6.25. The van der Waals surface area contributed by atoms with E-state index in [1.807, 2.05) is 20.8 Å². The van der Waals surface area contributed by atoms with Crippen molar-refractivity contribution in [2.24, 2.45) is 10.9 Å². The molecule has 0 bridgehead atoms. The van der Waals surface area contributed by atoms with Crippen LogP contribution in [0.5, 0.6) is 0 Å². The van der Waals surface area contributed by atoms with E-state index in [1.165, 1.54) is 4.31 Å². The Balaban J connectivity index is 4.32. The van der Waals surface area contributed by atoms with Gasteiger partial charge in [0, 0.05) is 32.7 Å². The molecule has 0 radical (unpaired) electrons.